The molecule has 1 saturated heterocycles. The van der Waals surface area contributed by atoms with Crippen molar-refractivity contribution in [2.45, 2.75) is 6.92 Å². The highest BCUT2D eigenvalue weighted by Crippen LogP contribution is 2.22. The van der Waals surface area contributed by atoms with Crippen LogP contribution < -0.4 is 4.90 Å². The zero-order chi connectivity index (χ0) is 13.4. The summed E-state index contributed by atoms with van der Waals surface area (Å²) in [5.41, 5.74) is 0. The van der Waals surface area contributed by atoms with E-state index in [9.17, 15) is 19.7 Å². The summed E-state index contributed by atoms with van der Waals surface area (Å²) in [7, 11) is 1.45. The lowest BCUT2D eigenvalue weighted by molar-refractivity contribution is -0.391. The van der Waals surface area contributed by atoms with E-state index in [1.54, 1.807) is 0 Å². The number of aromatic nitrogens is 2. The summed E-state index contributed by atoms with van der Waals surface area (Å²) in [5, 5.41) is 10.7. The molecule has 0 atom stereocenters. The SMILES string of the molecule is CC(=O)N1CCN(c2ncc([N+](=O)[O-])n2C)C1=O. The minimum absolute atomic E-state index is 0.162. The van der Waals surface area contributed by atoms with Crippen LogP contribution >= 0.6 is 0 Å². The molecule has 0 spiro atoms. The molecule has 2 heterocycles. The van der Waals surface area contributed by atoms with Crippen LogP contribution in [0.4, 0.5) is 16.6 Å². The van der Waals surface area contributed by atoms with Gasteiger partial charge in [0, 0.05) is 13.5 Å². The number of nitrogens with zero attached hydrogens (tertiary/aromatic N) is 5. The molecule has 1 aromatic rings. The van der Waals surface area contributed by atoms with Crippen molar-refractivity contribution in [1.82, 2.24) is 14.5 Å². The maximum Gasteiger partial charge on any atom is 0.344 e. The van der Waals surface area contributed by atoms with E-state index in [-0.39, 0.29) is 30.8 Å². The molecule has 0 bridgehead atoms. The van der Waals surface area contributed by atoms with Gasteiger partial charge in [0.1, 0.15) is 6.20 Å². The molecule has 0 aromatic carbocycles. The fraction of sp³-hybridized carbons (Fsp3) is 0.444. The number of rotatable bonds is 2. The van der Waals surface area contributed by atoms with Gasteiger partial charge in [-0.1, -0.05) is 0 Å². The van der Waals surface area contributed by atoms with Crippen LogP contribution in [0.3, 0.4) is 0 Å². The molecule has 1 aromatic heterocycles. The third kappa shape index (κ3) is 1.69. The van der Waals surface area contributed by atoms with E-state index in [0.717, 1.165) is 11.1 Å². The summed E-state index contributed by atoms with van der Waals surface area (Å²) in [6, 6.07) is -0.508. The first-order valence-electron chi connectivity index (χ1n) is 5.19. The first-order valence-corrected chi connectivity index (χ1v) is 5.19. The van der Waals surface area contributed by atoms with Crippen LogP contribution in [0.25, 0.3) is 0 Å². The van der Waals surface area contributed by atoms with Crippen molar-refractivity contribution in [3.8, 4) is 0 Å². The van der Waals surface area contributed by atoms with Crippen molar-refractivity contribution >= 4 is 23.7 Å². The van der Waals surface area contributed by atoms with Crippen molar-refractivity contribution in [3.63, 3.8) is 0 Å². The minimum Gasteiger partial charge on any atom is -0.358 e. The zero-order valence-electron chi connectivity index (χ0n) is 9.86. The highest BCUT2D eigenvalue weighted by molar-refractivity contribution is 6.03. The van der Waals surface area contributed by atoms with Crippen molar-refractivity contribution in [3.05, 3.63) is 16.3 Å². The van der Waals surface area contributed by atoms with E-state index in [4.69, 9.17) is 0 Å². The lowest BCUT2D eigenvalue weighted by Crippen LogP contribution is -2.35. The van der Waals surface area contributed by atoms with Gasteiger partial charge in [-0.3, -0.25) is 9.69 Å². The van der Waals surface area contributed by atoms with E-state index < -0.39 is 11.0 Å². The van der Waals surface area contributed by atoms with Gasteiger partial charge in [0.15, 0.2) is 0 Å². The molecular weight excluding hydrogens is 242 g/mol. The van der Waals surface area contributed by atoms with Crippen molar-refractivity contribution in [2.75, 3.05) is 18.0 Å². The lowest BCUT2D eigenvalue weighted by atomic mass is 10.5. The van der Waals surface area contributed by atoms with Gasteiger partial charge in [0.05, 0.1) is 13.6 Å². The first-order chi connectivity index (χ1) is 8.43. The maximum atomic E-state index is 11.9. The number of nitro groups is 1. The number of hydrogen-bond donors (Lipinski definition) is 0. The second kappa shape index (κ2) is 4.09. The number of hydrogen-bond acceptors (Lipinski definition) is 5. The third-order valence-corrected chi connectivity index (χ3v) is 2.76. The molecule has 0 unspecified atom stereocenters. The van der Waals surface area contributed by atoms with E-state index in [0.29, 0.717) is 0 Å². The number of imidazole rings is 1. The average Bonchev–Trinajstić information content (AvgIpc) is 2.81. The van der Waals surface area contributed by atoms with Crippen LogP contribution in [0, 0.1) is 10.1 Å². The van der Waals surface area contributed by atoms with E-state index in [1.165, 1.54) is 23.4 Å². The van der Waals surface area contributed by atoms with Gasteiger partial charge in [-0.05, 0) is 4.92 Å². The second-order valence-electron chi connectivity index (χ2n) is 3.84. The topological polar surface area (TPSA) is 102 Å². The predicted molar refractivity (Wildman–Crippen MR) is 60.0 cm³/mol. The third-order valence-electron chi connectivity index (χ3n) is 2.76. The summed E-state index contributed by atoms with van der Waals surface area (Å²) in [4.78, 5) is 39.3. The van der Waals surface area contributed by atoms with Crippen LogP contribution in [0.5, 0.6) is 0 Å². The first kappa shape index (κ1) is 12.0. The Morgan fingerprint density at radius 1 is 1.50 bits per heavy atom. The van der Waals surface area contributed by atoms with Crippen LogP contribution in [-0.4, -0.2) is 44.4 Å². The molecule has 0 aliphatic carbocycles. The van der Waals surface area contributed by atoms with Gasteiger partial charge in [-0.2, -0.15) is 9.55 Å². The van der Waals surface area contributed by atoms with Crippen LogP contribution in [0.1, 0.15) is 6.92 Å². The fourth-order valence-electron chi connectivity index (χ4n) is 1.83. The smallest absolute Gasteiger partial charge is 0.344 e. The highest BCUT2D eigenvalue weighted by Gasteiger charge is 2.36. The fourth-order valence-corrected chi connectivity index (χ4v) is 1.83. The molecular formula is C9H11N5O4. The Bertz CT molecular complexity index is 537. The Balaban J connectivity index is 2.32. The summed E-state index contributed by atoms with van der Waals surface area (Å²) in [6.45, 7) is 1.83. The van der Waals surface area contributed by atoms with Gasteiger partial charge < -0.3 is 10.1 Å². The largest absolute Gasteiger partial charge is 0.358 e. The molecule has 9 nitrogen and oxygen atoms in total. The Morgan fingerprint density at radius 2 is 2.17 bits per heavy atom. The number of imide groups is 1. The number of urea groups is 1. The van der Waals surface area contributed by atoms with Crippen LogP contribution in [0.2, 0.25) is 0 Å². The Hall–Kier alpha value is -2.45. The van der Waals surface area contributed by atoms with Crippen molar-refractivity contribution in [1.29, 1.82) is 0 Å². The van der Waals surface area contributed by atoms with Gasteiger partial charge >= 0.3 is 17.8 Å². The van der Waals surface area contributed by atoms with Gasteiger partial charge in [0.2, 0.25) is 5.91 Å². The van der Waals surface area contributed by atoms with Gasteiger partial charge in [-0.15, -0.1) is 0 Å². The van der Waals surface area contributed by atoms with E-state index >= 15 is 0 Å². The molecule has 0 N–H and O–H groups in total. The number of amides is 3. The molecule has 3 amide bonds. The normalized spacial score (nSPS) is 15.3. The molecule has 2 rings (SSSR count). The summed E-state index contributed by atoms with van der Waals surface area (Å²) in [5.74, 6) is -0.402. The number of carbonyl (C=O) groups is 2. The van der Waals surface area contributed by atoms with Gasteiger partial charge in [-0.25, -0.2) is 9.69 Å². The standard InChI is InChI=1S/C9H11N5O4/c1-6(15)12-3-4-13(9(12)16)8-10-5-7(11(8)2)14(17)18/h5H,3-4H2,1-2H3. The van der Waals surface area contributed by atoms with Crippen molar-refractivity contribution in [2.24, 2.45) is 7.05 Å². The highest BCUT2D eigenvalue weighted by atomic mass is 16.6. The Labute approximate surface area is 102 Å². The van der Waals surface area contributed by atoms with E-state index in [1.807, 2.05) is 0 Å². The molecule has 9 heteroatoms. The molecule has 0 saturated carbocycles. The van der Waals surface area contributed by atoms with Gasteiger partial charge in [0.25, 0.3) is 0 Å². The van der Waals surface area contributed by atoms with Crippen molar-refractivity contribution < 1.29 is 14.5 Å². The summed E-state index contributed by atoms with van der Waals surface area (Å²) in [6.07, 6.45) is 1.08. The quantitative estimate of drug-likeness (QED) is 0.550. The molecule has 96 valence electrons. The number of carbonyl (C=O) groups excluding carboxylic acids is 2. The zero-order valence-corrected chi connectivity index (χ0v) is 9.86. The number of anilines is 1. The Kier molecular flexibility index (Phi) is 2.73. The summed E-state index contributed by atoms with van der Waals surface area (Å²) < 4.78 is 1.21. The molecule has 1 aliphatic heterocycles. The molecule has 18 heavy (non-hydrogen) atoms. The molecule has 0 radical (unpaired) electrons. The Morgan fingerprint density at radius 3 is 2.61 bits per heavy atom. The molecule has 1 fully saturated rings. The van der Waals surface area contributed by atoms with Crippen LogP contribution in [-0.2, 0) is 11.8 Å². The second-order valence-corrected chi connectivity index (χ2v) is 3.84. The lowest BCUT2D eigenvalue weighted by Gasteiger charge is -2.13. The minimum atomic E-state index is -0.584. The van der Waals surface area contributed by atoms with Crippen LogP contribution in [0.15, 0.2) is 6.20 Å². The molecule has 1 aliphatic rings. The monoisotopic (exact) mass is 253 g/mol. The predicted octanol–water partition coefficient (Wildman–Crippen LogP) is 0.117. The average molecular weight is 253 g/mol. The maximum absolute atomic E-state index is 11.9. The summed E-state index contributed by atoms with van der Waals surface area (Å²) >= 11 is 0. The van der Waals surface area contributed by atoms with E-state index in [2.05, 4.69) is 4.98 Å².